The van der Waals surface area contributed by atoms with E-state index < -0.39 is 36.5 Å². The van der Waals surface area contributed by atoms with Crippen LogP contribution in [0.15, 0.2) is 6.33 Å². The molecule has 0 bridgehead atoms. The Morgan fingerprint density at radius 1 is 1.36 bits per heavy atom. The SMILES string of the molecule is CCC(C)(C[C@H]1OCC(O)(n2cnc3c(OC)nc(N)nc32)[C@@H]1O)OP(=O)(O)C(C)(O)CC. The van der Waals surface area contributed by atoms with E-state index >= 15 is 0 Å². The molecule has 0 aromatic carbocycles. The average Bonchev–Trinajstić information content (AvgIpc) is 3.30. The number of anilines is 1. The van der Waals surface area contributed by atoms with Crippen molar-refractivity contribution in [3.8, 4) is 5.88 Å². The summed E-state index contributed by atoms with van der Waals surface area (Å²) in [4.78, 5) is 22.6. The highest BCUT2D eigenvalue weighted by Crippen LogP contribution is 2.59. The Morgan fingerprint density at radius 3 is 2.61 bits per heavy atom. The number of ether oxygens (including phenoxy) is 2. The molecule has 1 saturated heterocycles. The molecular formula is C19H32N5O8P. The number of nitrogens with two attached hydrogens (primary N) is 1. The third-order valence-corrected chi connectivity index (χ3v) is 8.55. The number of aliphatic hydroxyl groups is 3. The number of hydrogen-bond acceptors (Lipinski definition) is 11. The fourth-order valence-corrected chi connectivity index (χ4v) is 5.07. The van der Waals surface area contributed by atoms with Crippen LogP contribution in [0.4, 0.5) is 5.95 Å². The van der Waals surface area contributed by atoms with Crippen molar-refractivity contribution in [1.82, 2.24) is 19.5 Å². The van der Waals surface area contributed by atoms with E-state index in [2.05, 4.69) is 15.0 Å². The summed E-state index contributed by atoms with van der Waals surface area (Å²) in [5.41, 5.74) is 2.90. The molecule has 0 amide bonds. The van der Waals surface area contributed by atoms with Crippen molar-refractivity contribution in [1.29, 1.82) is 0 Å². The second-order valence-corrected chi connectivity index (χ2v) is 10.9. The standard InChI is InChI=1S/C19H32N5O8P/c1-6-17(3,32-33(28,29)18(4,26)7-2)8-11-13(25)19(27,9-31-11)24-10-21-12-14(24)22-16(20)23-15(12)30-5/h10-11,13,25-27H,6-9H2,1-5H3,(H,28,29)(H2,20,22,23)/t11-,13-,17?,18?,19?/m1/s1. The fraction of sp³-hybridized carbons (Fsp3) is 0.737. The normalized spacial score (nSPS) is 28.9. The van der Waals surface area contributed by atoms with Crippen molar-refractivity contribution in [2.24, 2.45) is 0 Å². The van der Waals surface area contributed by atoms with E-state index in [-0.39, 0.29) is 48.9 Å². The first-order chi connectivity index (χ1) is 15.2. The number of hydrogen-bond donors (Lipinski definition) is 5. The molecule has 2 aromatic rings. The smallest absolute Gasteiger partial charge is 0.359 e. The molecule has 3 rings (SSSR count). The Labute approximate surface area is 191 Å². The summed E-state index contributed by atoms with van der Waals surface area (Å²) in [6.45, 7) is 5.81. The van der Waals surface area contributed by atoms with Gasteiger partial charge in [-0.05, 0) is 26.7 Å². The van der Waals surface area contributed by atoms with E-state index in [1.165, 1.54) is 24.9 Å². The molecule has 1 aliphatic rings. The zero-order valence-corrected chi connectivity index (χ0v) is 20.2. The van der Waals surface area contributed by atoms with E-state index in [0.29, 0.717) is 0 Å². The summed E-state index contributed by atoms with van der Waals surface area (Å²) in [5.74, 6) is 0.00160. The molecule has 33 heavy (non-hydrogen) atoms. The Hall–Kier alpha value is -1.86. The highest BCUT2D eigenvalue weighted by Gasteiger charge is 2.54. The molecule has 2 aromatic heterocycles. The third-order valence-electron chi connectivity index (χ3n) is 6.33. The van der Waals surface area contributed by atoms with Crippen LogP contribution in [-0.2, 0) is 19.6 Å². The van der Waals surface area contributed by atoms with Gasteiger partial charge in [0, 0.05) is 6.42 Å². The Kier molecular flexibility index (Phi) is 6.82. The molecule has 13 nitrogen and oxygen atoms in total. The van der Waals surface area contributed by atoms with Crippen LogP contribution in [-0.4, -0.2) is 76.6 Å². The largest absolute Gasteiger partial charge is 0.479 e. The highest BCUT2D eigenvalue weighted by molar-refractivity contribution is 7.54. The first-order valence-corrected chi connectivity index (χ1v) is 12.1. The maximum atomic E-state index is 12.7. The van der Waals surface area contributed by atoms with Crippen molar-refractivity contribution >= 4 is 24.7 Å². The lowest BCUT2D eigenvalue weighted by atomic mass is 9.91. The molecule has 14 heteroatoms. The summed E-state index contributed by atoms with van der Waals surface area (Å²) < 4.78 is 30.3. The number of imidazole rings is 1. The molecule has 0 saturated carbocycles. The molecule has 1 aliphatic heterocycles. The van der Waals surface area contributed by atoms with Gasteiger partial charge in [0.2, 0.25) is 11.8 Å². The van der Waals surface area contributed by atoms with E-state index in [4.69, 9.17) is 19.7 Å². The maximum absolute atomic E-state index is 12.7. The minimum atomic E-state index is -4.44. The molecule has 3 heterocycles. The number of methoxy groups -OCH3 is 1. The molecule has 4 unspecified atom stereocenters. The van der Waals surface area contributed by atoms with E-state index in [1.807, 2.05) is 0 Å². The first-order valence-electron chi connectivity index (χ1n) is 10.6. The summed E-state index contributed by atoms with van der Waals surface area (Å²) in [6.07, 6.45) is -0.930. The van der Waals surface area contributed by atoms with Gasteiger partial charge >= 0.3 is 7.60 Å². The van der Waals surface area contributed by atoms with Crippen molar-refractivity contribution < 1.29 is 38.8 Å². The van der Waals surface area contributed by atoms with Crippen molar-refractivity contribution in [2.45, 2.75) is 75.8 Å². The summed E-state index contributed by atoms with van der Waals surface area (Å²) in [5, 5.41) is 30.7. The minimum absolute atomic E-state index is 0.00499. The lowest BCUT2D eigenvalue weighted by molar-refractivity contribution is -0.111. The van der Waals surface area contributed by atoms with Crippen molar-refractivity contribution in [3.63, 3.8) is 0 Å². The predicted molar refractivity (Wildman–Crippen MR) is 117 cm³/mol. The van der Waals surface area contributed by atoms with E-state index in [9.17, 15) is 24.8 Å². The summed E-state index contributed by atoms with van der Waals surface area (Å²) >= 11 is 0. The molecule has 186 valence electrons. The van der Waals surface area contributed by atoms with Crippen LogP contribution in [0.1, 0.15) is 47.0 Å². The lowest BCUT2D eigenvalue weighted by Crippen LogP contribution is -2.48. The van der Waals surface area contributed by atoms with E-state index in [1.54, 1.807) is 20.8 Å². The zero-order chi connectivity index (χ0) is 24.8. The Morgan fingerprint density at radius 2 is 2.03 bits per heavy atom. The molecule has 0 spiro atoms. The van der Waals surface area contributed by atoms with Crippen LogP contribution < -0.4 is 10.5 Å². The molecule has 1 fully saturated rings. The van der Waals surface area contributed by atoms with Gasteiger partial charge < -0.3 is 39.9 Å². The topological polar surface area (TPSA) is 195 Å². The Balaban J connectivity index is 1.89. The fourth-order valence-electron chi connectivity index (χ4n) is 3.67. The molecule has 0 radical (unpaired) electrons. The van der Waals surface area contributed by atoms with Crippen LogP contribution in [0.25, 0.3) is 11.2 Å². The summed E-state index contributed by atoms with van der Waals surface area (Å²) in [6, 6.07) is 0. The lowest BCUT2D eigenvalue weighted by Gasteiger charge is -2.38. The molecule has 6 atom stereocenters. The number of nitrogen functional groups attached to an aromatic ring is 1. The second-order valence-electron chi connectivity index (χ2n) is 8.74. The van der Waals surface area contributed by atoms with Gasteiger partial charge in [-0.2, -0.15) is 9.97 Å². The van der Waals surface area contributed by atoms with Gasteiger partial charge in [-0.3, -0.25) is 9.13 Å². The van der Waals surface area contributed by atoms with Gasteiger partial charge in [0.15, 0.2) is 22.2 Å². The van der Waals surface area contributed by atoms with Crippen LogP contribution in [0.3, 0.4) is 0 Å². The van der Waals surface area contributed by atoms with Crippen molar-refractivity contribution in [2.75, 3.05) is 19.5 Å². The molecule has 0 aliphatic carbocycles. The second kappa shape index (κ2) is 8.73. The van der Waals surface area contributed by atoms with Gasteiger partial charge in [-0.25, -0.2) is 4.98 Å². The number of aromatic nitrogens is 4. The number of aliphatic hydroxyl groups excluding tert-OH is 1. The molecular weight excluding hydrogens is 457 g/mol. The zero-order valence-electron chi connectivity index (χ0n) is 19.3. The third kappa shape index (κ3) is 4.46. The van der Waals surface area contributed by atoms with Gasteiger partial charge in [-0.15, -0.1) is 0 Å². The van der Waals surface area contributed by atoms with Crippen LogP contribution >= 0.6 is 7.60 Å². The Bertz CT molecular complexity index is 1060. The number of nitrogens with zero attached hydrogens (tertiary/aromatic N) is 4. The number of rotatable bonds is 9. The summed E-state index contributed by atoms with van der Waals surface area (Å²) in [7, 11) is -3.05. The number of fused-ring (bicyclic) bond motifs is 1. The molecule has 6 N–H and O–H groups in total. The van der Waals surface area contributed by atoms with Gasteiger partial charge in [0.1, 0.15) is 6.10 Å². The van der Waals surface area contributed by atoms with Gasteiger partial charge in [0.05, 0.1) is 31.7 Å². The predicted octanol–water partition coefficient (Wildman–Crippen LogP) is 0.701. The van der Waals surface area contributed by atoms with Crippen LogP contribution in [0.5, 0.6) is 5.88 Å². The van der Waals surface area contributed by atoms with Gasteiger partial charge in [-0.1, -0.05) is 13.8 Å². The average molecular weight is 489 g/mol. The van der Waals surface area contributed by atoms with Crippen LogP contribution in [0.2, 0.25) is 0 Å². The van der Waals surface area contributed by atoms with Crippen LogP contribution in [0, 0.1) is 0 Å². The maximum Gasteiger partial charge on any atom is 0.359 e. The van der Waals surface area contributed by atoms with Gasteiger partial charge in [0.25, 0.3) is 0 Å². The highest BCUT2D eigenvalue weighted by atomic mass is 31.2. The quantitative estimate of drug-likeness (QED) is 0.310. The van der Waals surface area contributed by atoms with E-state index in [0.717, 1.165) is 0 Å². The monoisotopic (exact) mass is 489 g/mol. The minimum Gasteiger partial charge on any atom is -0.479 e. The first kappa shape index (κ1) is 25.8. The van der Waals surface area contributed by atoms with Crippen molar-refractivity contribution in [3.05, 3.63) is 6.33 Å².